The molecule has 0 radical (unpaired) electrons. The Hall–Kier alpha value is -3.15. The maximum atomic E-state index is 13.6. The number of hydrogen-bond acceptors (Lipinski definition) is 6. The lowest BCUT2D eigenvalue weighted by atomic mass is 9.98. The molecule has 3 heterocycles. The third-order valence-corrected chi connectivity index (χ3v) is 7.04. The van der Waals surface area contributed by atoms with Crippen molar-refractivity contribution in [3.8, 4) is 0 Å². The van der Waals surface area contributed by atoms with Crippen LogP contribution in [-0.2, 0) is 30.0 Å². The minimum Gasteiger partial charge on any atom is -0.433 e. The Bertz CT molecular complexity index is 1030. The summed E-state index contributed by atoms with van der Waals surface area (Å²) in [6.45, 7) is 2.03. The van der Waals surface area contributed by atoms with Crippen molar-refractivity contribution in [1.29, 1.82) is 0 Å². The van der Waals surface area contributed by atoms with Crippen LogP contribution in [0.25, 0.3) is 0 Å². The van der Waals surface area contributed by atoms with Crippen LogP contribution in [0.2, 0.25) is 0 Å². The Balaban J connectivity index is 1.46. The van der Waals surface area contributed by atoms with Gasteiger partial charge in [-0.05, 0) is 56.9 Å². The van der Waals surface area contributed by atoms with Gasteiger partial charge in [0.2, 0.25) is 18.1 Å². The van der Waals surface area contributed by atoms with Crippen molar-refractivity contribution in [2.45, 2.75) is 88.5 Å². The summed E-state index contributed by atoms with van der Waals surface area (Å²) < 4.78 is 49.0. The van der Waals surface area contributed by atoms with Crippen LogP contribution in [0.4, 0.5) is 13.2 Å². The Morgan fingerprint density at radius 1 is 1.05 bits per heavy atom. The molecule has 1 aromatic rings. The predicted molar refractivity (Wildman–Crippen MR) is 123 cm³/mol. The van der Waals surface area contributed by atoms with Gasteiger partial charge >= 0.3 is 12.1 Å². The second-order valence-electron chi connectivity index (χ2n) is 9.51. The molecule has 0 bridgehead atoms. The fourth-order valence-corrected chi connectivity index (χ4v) is 5.22. The molecule has 2 N–H and O–H groups in total. The number of alkyl halides is 3. The standard InChI is InChI=1S/C25H30F3N3O6/c1-2-36-24-18(13-20(32)37-24)30-22(34)19-12-11-16-5-3-4-6-17(23(35)31(16)19)29-21(33)14-7-9-15(10-8-14)25(26,27)28/h7-10,16-19,24H,2-6,11-13H2,1H3,(H,29,33)(H,30,34)/t16-,17-,18?,19-,24?/m0/s1. The third kappa shape index (κ3) is 6.06. The van der Waals surface area contributed by atoms with E-state index in [-0.39, 0.29) is 18.0 Å². The maximum absolute atomic E-state index is 13.6. The average molecular weight is 526 g/mol. The highest BCUT2D eigenvalue weighted by molar-refractivity contribution is 5.98. The van der Waals surface area contributed by atoms with Gasteiger partial charge in [-0.2, -0.15) is 13.2 Å². The van der Waals surface area contributed by atoms with Crippen LogP contribution >= 0.6 is 0 Å². The molecule has 3 saturated heterocycles. The van der Waals surface area contributed by atoms with Crippen LogP contribution in [-0.4, -0.2) is 65.7 Å². The van der Waals surface area contributed by atoms with Crippen molar-refractivity contribution in [2.24, 2.45) is 0 Å². The van der Waals surface area contributed by atoms with Gasteiger partial charge in [-0.1, -0.05) is 12.8 Å². The topological polar surface area (TPSA) is 114 Å². The van der Waals surface area contributed by atoms with Crippen LogP contribution in [0.15, 0.2) is 24.3 Å². The summed E-state index contributed by atoms with van der Waals surface area (Å²) in [6.07, 6.45) is -1.84. The highest BCUT2D eigenvalue weighted by Gasteiger charge is 2.46. The van der Waals surface area contributed by atoms with Crippen molar-refractivity contribution >= 4 is 23.7 Å². The largest absolute Gasteiger partial charge is 0.433 e. The Morgan fingerprint density at radius 2 is 1.76 bits per heavy atom. The number of rotatable bonds is 6. The first-order valence-electron chi connectivity index (χ1n) is 12.5. The molecule has 2 unspecified atom stereocenters. The molecule has 0 aliphatic carbocycles. The number of hydrogen-bond donors (Lipinski definition) is 2. The zero-order chi connectivity index (χ0) is 26.7. The van der Waals surface area contributed by atoms with E-state index in [0.717, 1.165) is 37.1 Å². The number of carbonyl (C=O) groups excluding carboxylic acids is 4. The van der Waals surface area contributed by atoms with Gasteiger partial charge in [0.15, 0.2) is 0 Å². The Labute approximate surface area is 212 Å². The lowest BCUT2D eigenvalue weighted by Gasteiger charge is -2.35. The molecule has 3 aliphatic rings. The number of carbonyl (C=O) groups is 4. The second-order valence-corrected chi connectivity index (χ2v) is 9.51. The van der Waals surface area contributed by atoms with Gasteiger partial charge in [-0.25, -0.2) is 0 Å². The van der Waals surface area contributed by atoms with Crippen LogP contribution < -0.4 is 10.6 Å². The SMILES string of the molecule is CCOC1OC(=O)CC1NC(=O)[C@@H]1CC[C@@H]2CCCC[C@H](NC(=O)c3ccc(C(F)(F)F)cc3)C(=O)N21. The normalized spacial score (nSPS) is 28.2. The highest BCUT2D eigenvalue weighted by atomic mass is 19.4. The molecule has 9 nitrogen and oxygen atoms in total. The molecule has 0 aromatic heterocycles. The van der Waals surface area contributed by atoms with E-state index in [1.165, 1.54) is 4.90 Å². The number of ether oxygens (including phenoxy) is 2. The van der Waals surface area contributed by atoms with Crippen molar-refractivity contribution in [3.05, 3.63) is 35.4 Å². The van der Waals surface area contributed by atoms with Crippen molar-refractivity contribution in [3.63, 3.8) is 0 Å². The number of cyclic esters (lactones) is 1. The summed E-state index contributed by atoms with van der Waals surface area (Å²) in [5, 5.41) is 5.45. The first-order chi connectivity index (χ1) is 17.6. The van der Waals surface area contributed by atoms with Gasteiger partial charge in [0, 0.05) is 18.2 Å². The number of benzene rings is 1. The van der Waals surface area contributed by atoms with Gasteiger partial charge in [-0.15, -0.1) is 0 Å². The molecule has 3 aliphatic heterocycles. The Kier molecular flexibility index (Phi) is 8.05. The monoisotopic (exact) mass is 525 g/mol. The second kappa shape index (κ2) is 11.1. The highest BCUT2D eigenvalue weighted by Crippen LogP contribution is 2.32. The van der Waals surface area contributed by atoms with Crippen LogP contribution in [0.1, 0.15) is 67.8 Å². The molecule has 3 amide bonds. The van der Waals surface area contributed by atoms with Crippen LogP contribution in [0.3, 0.4) is 0 Å². The Morgan fingerprint density at radius 3 is 2.43 bits per heavy atom. The minimum absolute atomic E-state index is 0.00277. The number of fused-ring (bicyclic) bond motifs is 1. The summed E-state index contributed by atoms with van der Waals surface area (Å²) in [4.78, 5) is 52.8. The van der Waals surface area contributed by atoms with E-state index >= 15 is 0 Å². The molecule has 5 atom stereocenters. The molecule has 3 fully saturated rings. The maximum Gasteiger partial charge on any atom is 0.416 e. The fourth-order valence-electron chi connectivity index (χ4n) is 5.22. The number of halogens is 3. The van der Waals surface area contributed by atoms with Gasteiger partial charge < -0.3 is 25.0 Å². The van der Waals surface area contributed by atoms with E-state index in [2.05, 4.69) is 10.6 Å². The van der Waals surface area contributed by atoms with E-state index < -0.39 is 59.8 Å². The predicted octanol–water partition coefficient (Wildman–Crippen LogP) is 2.53. The quantitative estimate of drug-likeness (QED) is 0.552. The molecule has 37 heavy (non-hydrogen) atoms. The molecule has 1 aromatic carbocycles. The molecule has 0 saturated carbocycles. The first-order valence-corrected chi connectivity index (χ1v) is 12.5. The molecular weight excluding hydrogens is 495 g/mol. The van der Waals surface area contributed by atoms with Gasteiger partial charge in [-0.3, -0.25) is 19.2 Å². The van der Waals surface area contributed by atoms with Crippen LogP contribution in [0.5, 0.6) is 0 Å². The van der Waals surface area contributed by atoms with Gasteiger partial charge in [0.1, 0.15) is 18.1 Å². The molecular formula is C25H30F3N3O6. The summed E-state index contributed by atoms with van der Waals surface area (Å²) in [7, 11) is 0. The van der Waals surface area contributed by atoms with Crippen LogP contribution in [0, 0.1) is 0 Å². The van der Waals surface area contributed by atoms with Crippen molar-refractivity contribution < 1.29 is 41.8 Å². The average Bonchev–Trinajstić information content (AvgIpc) is 3.41. The summed E-state index contributed by atoms with van der Waals surface area (Å²) in [5.74, 6) is -1.97. The zero-order valence-corrected chi connectivity index (χ0v) is 20.4. The lowest BCUT2D eigenvalue weighted by molar-refractivity contribution is -0.164. The molecule has 12 heteroatoms. The molecule has 4 rings (SSSR count). The lowest BCUT2D eigenvalue weighted by Crippen LogP contribution is -2.57. The van der Waals surface area contributed by atoms with E-state index in [1.54, 1.807) is 6.92 Å². The number of amides is 3. The summed E-state index contributed by atoms with van der Waals surface area (Å²) in [5.41, 5.74) is -0.872. The summed E-state index contributed by atoms with van der Waals surface area (Å²) in [6, 6.07) is 1.24. The van der Waals surface area contributed by atoms with Gasteiger partial charge in [0.05, 0.1) is 12.0 Å². The smallest absolute Gasteiger partial charge is 0.416 e. The van der Waals surface area contributed by atoms with E-state index in [1.807, 2.05) is 0 Å². The third-order valence-electron chi connectivity index (χ3n) is 7.04. The van der Waals surface area contributed by atoms with E-state index in [0.29, 0.717) is 32.3 Å². The van der Waals surface area contributed by atoms with Crippen molar-refractivity contribution in [1.82, 2.24) is 15.5 Å². The number of nitrogens with zero attached hydrogens (tertiary/aromatic N) is 1. The minimum atomic E-state index is -4.52. The summed E-state index contributed by atoms with van der Waals surface area (Å²) >= 11 is 0. The fraction of sp³-hybridized carbons (Fsp3) is 0.600. The molecule has 202 valence electrons. The first kappa shape index (κ1) is 26.9. The van der Waals surface area contributed by atoms with E-state index in [9.17, 15) is 32.3 Å². The number of esters is 1. The van der Waals surface area contributed by atoms with Gasteiger partial charge in [0.25, 0.3) is 5.91 Å². The molecule has 0 spiro atoms. The van der Waals surface area contributed by atoms with Crippen molar-refractivity contribution in [2.75, 3.05) is 6.61 Å². The number of nitrogens with one attached hydrogen (secondary N) is 2. The zero-order valence-electron chi connectivity index (χ0n) is 20.4. The van der Waals surface area contributed by atoms with E-state index in [4.69, 9.17) is 9.47 Å².